The van der Waals surface area contributed by atoms with Crippen molar-refractivity contribution >= 4 is 0 Å². The number of unbranched alkanes of at least 4 members (excludes halogenated alkanes) is 6. The van der Waals surface area contributed by atoms with Crippen molar-refractivity contribution < 1.29 is 23.0 Å². The minimum atomic E-state index is -0.831. The predicted molar refractivity (Wildman–Crippen MR) is 114 cm³/mol. The van der Waals surface area contributed by atoms with Gasteiger partial charge in [0.1, 0.15) is 0 Å². The molecule has 1 atom stereocenters. The maximum atomic E-state index is 13.6. The Bertz CT molecular complexity index is 539. The van der Waals surface area contributed by atoms with Crippen molar-refractivity contribution in [2.75, 3.05) is 0 Å². The Kier molecular flexibility index (Phi) is 13.3. The Morgan fingerprint density at radius 2 is 1.34 bits per heavy atom. The van der Waals surface area contributed by atoms with Gasteiger partial charge in [-0.15, -0.1) is 0 Å². The molecule has 0 fully saturated rings. The van der Waals surface area contributed by atoms with E-state index >= 15 is 0 Å². The van der Waals surface area contributed by atoms with Gasteiger partial charge in [0.25, 0.3) is 6.48 Å². The van der Waals surface area contributed by atoms with Crippen LogP contribution in [0, 0.1) is 11.6 Å². The molecular formula is C24H40F2O3. The maximum Gasteiger partial charge on any atom is 0.272 e. The molecule has 1 rings (SSSR count). The summed E-state index contributed by atoms with van der Waals surface area (Å²) in [4.78, 5) is 0. The SMILES string of the molecule is CCCCCCCCCC(Cc1ccc(F)c(F)c1)OC(OC(C)C)OC(C)C. The van der Waals surface area contributed by atoms with Crippen molar-refractivity contribution in [1.82, 2.24) is 0 Å². The quantitative estimate of drug-likeness (QED) is 0.212. The van der Waals surface area contributed by atoms with Crippen LogP contribution in [0.1, 0.15) is 91.5 Å². The van der Waals surface area contributed by atoms with E-state index in [2.05, 4.69) is 6.92 Å². The van der Waals surface area contributed by atoms with Crippen molar-refractivity contribution in [3.8, 4) is 0 Å². The van der Waals surface area contributed by atoms with E-state index < -0.39 is 18.1 Å². The lowest BCUT2D eigenvalue weighted by molar-refractivity contribution is -0.326. The third kappa shape index (κ3) is 12.3. The van der Waals surface area contributed by atoms with Gasteiger partial charge in [0, 0.05) is 0 Å². The minimum absolute atomic E-state index is 0.0405. The molecule has 1 aromatic rings. The van der Waals surface area contributed by atoms with Crippen LogP contribution in [0.2, 0.25) is 0 Å². The lowest BCUT2D eigenvalue weighted by atomic mass is 10.0. The average Bonchev–Trinajstić information content (AvgIpc) is 2.62. The topological polar surface area (TPSA) is 27.7 Å². The number of rotatable bonds is 16. The second-order valence-corrected chi connectivity index (χ2v) is 8.28. The number of benzene rings is 1. The van der Waals surface area contributed by atoms with Crippen molar-refractivity contribution in [2.24, 2.45) is 0 Å². The summed E-state index contributed by atoms with van der Waals surface area (Å²) in [6.07, 6.45) is 9.53. The Hall–Kier alpha value is -1.04. The third-order valence-corrected chi connectivity index (χ3v) is 4.65. The molecule has 0 radical (unpaired) electrons. The fourth-order valence-corrected chi connectivity index (χ4v) is 3.17. The van der Waals surface area contributed by atoms with E-state index in [1.54, 1.807) is 6.07 Å². The number of hydrogen-bond donors (Lipinski definition) is 0. The molecule has 0 aromatic heterocycles. The van der Waals surface area contributed by atoms with Crippen LogP contribution in [-0.2, 0) is 20.6 Å². The highest BCUT2D eigenvalue weighted by molar-refractivity contribution is 5.18. The van der Waals surface area contributed by atoms with Crippen molar-refractivity contribution in [1.29, 1.82) is 0 Å². The highest BCUT2D eigenvalue weighted by Crippen LogP contribution is 2.20. The lowest BCUT2D eigenvalue weighted by Gasteiger charge is -2.28. The standard InChI is InChI=1S/C24H40F2O3/c1-6-7-8-9-10-11-12-13-21(16-20-14-15-22(25)23(26)17-20)29-24(27-18(2)3)28-19(4)5/h14-15,17-19,21,24H,6-13,16H2,1-5H3. The lowest BCUT2D eigenvalue weighted by Crippen LogP contribution is -2.32. The molecule has 3 nitrogen and oxygen atoms in total. The molecule has 0 aliphatic heterocycles. The highest BCUT2D eigenvalue weighted by atomic mass is 19.2. The van der Waals surface area contributed by atoms with Crippen molar-refractivity contribution in [3.05, 3.63) is 35.4 Å². The van der Waals surface area contributed by atoms with Crippen LogP contribution < -0.4 is 0 Å². The summed E-state index contributed by atoms with van der Waals surface area (Å²) in [5, 5.41) is 0. The molecule has 1 aromatic carbocycles. The Morgan fingerprint density at radius 1 is 0.759 bits per heavy atom. The van der Waals surface area contributed by atoms with Crippen LogP contribution in [0.25, 0.3) is 0 Å². The number of ether oxygens (including phenoxy) is 3. The van der Waals surface area contributed by atoms with Crippen LogP contribution in [0.15, 0.2) is 18.2 Å². The van der Waals surface area contributed by atoms with E-state index in [0.29, 0.717) is 12.0 Å². The van der Waals surface area contributed by atoms with Crippen LogP contribution in [0.4, 0.5) is 8.78 Å². The fourth-order valence-electron chi connectivity index (χ4n) is 3.17. The van der Waals surface area contributed by atoms with Crippen LogP contribution in [0.3, 0.4) is 0 Å². The first kappa shape index (κ1) is 26.0. The Labute approximate surface area is 176 Å². The molecule has 0 saturated heterocycles. The minimum Gasteiger partial charge on any atom is -0.327 e. The van der Waals surface area contributed by atoms with Crippen molar-refractivity contribution in [3.63, 3.8) is 0 Å². The molecule has 0 saturated carbocycles. The molecule has 168 valence electrons. The van der Waals surface area contributed by atoms with Gasteiger partial charge in [-0.25, -0.2) is 8.78 Å². The summed E-state index contributed by atoms with van der Waals surface area (Å²) in [5.74, 6) is -1.66. The second-order valence-electron chi connectivity index (χ2n) is 8.28. The van der Waals surface area contributed by atoms with Crippen LogP contribution >= 0.6 is 0 Å². The number of halogens is 2. The Morgan fingerprint density at radius 3 is 1.90 bits per heavy atom. The summed E-state index contributed by atoms with van der Waals surface area (Å²) in [6.45, 7) is 9.17. The zero-order valence-corrected chi connectivity index (χ0v) is 18.9. The van der Waals surface area contributed by atoms with Gasteiger partial charge in [0.05, 0.1) is 18.3 Å². The normalized spacial score (nSPS) is 13.0. The van der Waals surface area contributed by atoms with Gasteiger partial charge >= 0.3 is 0 Å². The molecular weight excluding hydrogens is 374 g/mol. The molecule has 0 spiro atoms. The van der Waals surface area contributed by atoms with E-state index in [1.807, 2.05) is 27.7 Å². The van der Waals surface area contributed by atoms with Gasteiger partial charge in [-0.05, 0) is 58.2 Å². The monoisotopic (exact) mass is 414 g/mol. The molecule has 0 amide bonds. The first-order chi connectivity index (χ1) is 13.8. The van der Waals surface area contributed by atoms with Gasteiger partial charge in [0.15, 0.2) is 11.6 Å². The average molecular weight is 415 g/mol. The largest absolute Gasteiger partial charge is 0.327 e. The predicted octanol–water partition coefficient (Wildman–Crippen LogP) is 7.17. The fraction of sp³-hybridized carbons (Fsp3) is 0.750. The van der Waals surface area contributed by atoms with E-state index in [1.165, 1.54) is 44.2 Å². The third-order valence-electron chi connectivity index (χ3n) is 4.65. The first-order valence-electron chi connectivity index (χ1n) is 11.2. The summed E-state index contributed by atoms with van der Waals surface area (Å²) in [7, 11) is 0. The molecule has 0 aliphatic rings. The highest BCUT2D eigenvalue weighted by Gasteiger charge is 2.21. The van der Waals surface area contributed by atoms with Gasteiger partial charge in [-0.1, -0.05) is 57.9 Å². The molecule has 0 N–H and O–H groups in total. The number of hydrogen-bond acceptors (Lipinski definition) is 3. The first-order valence-corrected chi connectivity index (χ1v) is 11.2. The van der Waals surface area contributed by atoms with E-state index in [0.717, 1.165) is 19.3 Å². The molecule has 0 heterocycles. The molecule has 0 bridgehead atoms. The van der Waals surface area contributed by atoms with Gasteiger partial charge in [-0.3, -0.25) is 0 Å². The van der Waals surface area contributed by atoms with Crippen LogP contribution in [-0.4, -0.2) is 24.8 Å². The van der Waals surface area contributed by atoms with Gasteiger partial charge in [-0.2, -0.15) is 0 Å². The van der Waals surface area contributed by atoms with Crippen molar-refractivity contribution in [2.45, 2.75) is 117 Å². The van der Waals surface area contributed by atoms with E-state index in [4.69, 9.17) is 14.2 Å². The zero-order chi connectivity index (χ0) is 21.6. The van der Waals surface area contributed by atoms with Gasteiger partial charge in [0.2, 0.25) is 0 Å². The summed E-state index contributed by atoms with van der Waals surface area (Å²) < 4.78 is 44.5. The maximum absolute atomic E-state index is 13.6. The second kappa shape index (κ2) is 14.9. The molecule has 29 heavy (non-hydrogen) atoms. The smallest absolute Gasteiger partial charge is 0.272 e. The molecule has 5 heteroatoms. The van der Waals surface area contributed by atoms with Gasteiger partial charge < -0.3 is 14.2 Å². The molecule has 0 aliphatic carbocycles. The van der Waals surface area contributed by atoms with E-state index in [-0.39, 0.29) is 18.3 Å². The summed E-state index contributed by atoms with van der Waals surface area (Å²) >= 11 is 0. The van der Waals surface area contributed by atoms with Crippen LogP contribution in [0.5, 0.6) is 0 Å². The summed E-state index contributed by atoms with van der Waals surface area (Å²) in [6, 6.07) is 4.03. The molecule has 1 unspecified atom stereocenters. The Balaban J connectivity index is 2.68. The van der Waals surface area contributed by atoms with E-state index in [9.17, 15) is 8.78 Å². The summed E-state index contributed by atoms with van der Waals surface area (Å²) in [5.41, 5.74) is 0.713. The zero-order valence-electron chi connectivity index (χ0n) is 18.9.